The second-order valence-electron chi connectivity index (χ2n) is 3.91. The lowest BCUT2D eigenvalue weighted by molar-refractivity contribution is 0.592. The Kier molecular flexibility index (Phi) is 3.08. The summed E-state index contributed by atoms with van der Waals surface area (Å²) in [6.45, 7) is 3.55. The molecule has 2 aromatic heterocycles. The molecule has 0 bridgehead atoms. The van der Waals surface area contributed by atoms with E-state index in [0.29, 0.717) is 17.2 Å². The van der Waals surface area contributed by atoms with Gasteiger partial charge in [-0.2, -0.15) is 0 Å². The Morgan fingerprint density at radius 1 is 1.06 bits per heavy atom. The van der Waals surface area contributed by atoms with Crippen molar-refractivity contribution in [3.63, 3.8) is 0 Å². The third kappa shape index (κ3) is 2.35. The molecule has 0 atom stereocenters. The maximum Gasteiger partial charge on any atom is 0.247 e. The predicted molar refractivity (Wildman–Crippen MR) is 65.6 cm³/mol. The second-order valence-corrected chi connectivity index (χ2v) is 5.82. The predicted octanol–water partition coefficient (Wildman–Crippen LogP) is 0.954. The molecule has 0 spiro atoms. The van der Waals surface area contributed by atoms with Crippen LogP contribution in [0.3, 0.4) is 0 Å². The summed E-state index contributed by atoms with van der Waals surface area (Å²) in [5.74, 6) is 0.394. The van der Waals surface area contributed by atoms with Gasteiger partial charge >= 0.3 is 0 Å². The van der Waals surface area contributed by atoms with Gasteiger partial charge in [-0.05, 0) is 25.5 Å². The monoisotopic (exact) mass is 264 g/mol. The topological polar surface area (TPSA) is 85.7 Å². The summed E-state index contributed by atoms with van der Waals surface area (Å²) in [7, 11) is -3.45. The lowest BCUT2D eigenvalue weighted by Gasteiger charge is -2.07. The van der Waals surface area contributed by atoms with Crippen molar-refractivity contribution in [3.05, 3.63) is 29.7 Å². The van der Waals surface area contributed by atoms with Crippen LogP contribution in [0.1, 0.15) is 11.3 Å². The summed E-state index contributed by atoms with van der Waals surface area (Å²) in [6, 6.07) is 1.68. The molecule has 7 heteroatoms. The van der Waals surface area contributed by atoms with Crippen LogP contribution < -0.4 is 0 Å². The third-order valence-corrected chi connectivity index (χ3v) is 3.32. The maximum atomic E-state index is 11.5. The van der Waals surface area contributed by atoms with Crippen LogP contribution in [0.15, 0.2) is 23.6 Å². The normalized spacial score (nSPS) is 11.5. The number of aromatic nitrogens is 4. The number of hydrogen-bond acceptors (Lipinski definition) is 6. The molecule has 0 radical (unpaired) electrons. The van der Waals surface area contributed by atoms with E-state index in [2.05, 4.69) is 19.9 Å². The molecule has 0 unspecified atom stereocenters. The van der Waals surface area contributed by atoms with Crippen molar-refractivity contribution in [2.24, 2.45) is 0 Å². The van der Waals surface area contributed by atoms with Crippen molar-refractivity contribution in [2.75, 3.05) is 6.26 Å². The van der Waals surface area contributed by atoms with Gasteiger partial charge < -0.3 is 0 Å². The van der Waals surface area contributed by atoms with Gasteiger partial charge in [-0.25, -0.2) is 28.4 Å². The molecule has 18 heavy (non-hydrogen) atoms. The Hall–Kier alpha value is -1.89. The van der Waals surface area contributed by atoms with Crippen molar-refractivity contribution in [1.82, 2.24) is 19.9 Å². The molecule has 0 aliphatic heterocycles. The van der Waals surface area contributed by atoms with Gasteiger partial charge in [0.2, 0.25) is 15.0 Å². The lowest BCUT2D eigenvalue weighted by Crippen LogP contribution is -2.09. The van der Waals surface area contributed by atoms with Crippen LogP contribution in [0.25, 0.3) is 11.5 Å². The van der Waals surface area contributed by atoms with Gasteiger partial charge in [0.15, 0.2) is 5.82 Å². The van der Waals surface area contributed by atoms with Crippen LogP contribution in [0, 0.1) is 13.8 Å². The van der Waals surface area contributed by atoms with Crippen LogP contribution in [0.5, 0.6) is 0 Å². The minimum atomic E-state index is -3.45. The number of rotatable bonds is 2. The van der Waals surface area contributed by atoms with Gasteiger partial charge in [0, 0.05) is 24.3 Å². The van der Waals surface area contributed by atoms with Gasteiger partial charge in [-0.15, -0.1) is 0 Å². The van der Waals surface area contributed by atoms with Gasteiger partial charge in [-0.3, -0.25) is 0 Å². The highest BCUT2D eigenvalue weighted by Crippen LogP contribution is 2.20. The fourth-order valence-corrected chi connectivity index (χ4v) is 1.97. The first-order valence-corrected chi connectivity index (χ1v) is 7.11. The van der Waals surface area contributed by atoms with E-state index in [1.807, 2.05) is 6.92 Å². The largest absolute Gasteiger partial charge is 0.247 e. The highest BCUT2D eigenvalue weighted by Gasteiger charge is 2.17. The van der Waals surface area contributed by atoms with Gasteiger partial charge in [0.05, 0.1) is 0 Å². The van der Waals surface area contributed by atoms with Gasteiger partial charge in [0.1, 0.15) is 5.69 Å². The van der Waals surface area contributed by atoms with Crippen LogP contribution in [-0.2, 0) is 9.84 Å². The van der Waals surface area contributed by atoms with Crippen molar-refractivity contribution >= 4 is 9.84 Å². The number of nitrogens with zero attached hydrogens (tertiary/aromatic N) is 4. The smallest absolute Gasteiger partial charge is 0.235 e. The summed E-state index contributed by atoms with van der Waals surface area (Å²) in [4.78, 5) is 16.2. The number of hydrogen-bond donors (Lipinski definition) is 0. The Balaban J connectivity index is 2.72. The zero-order valence-electron chi connectivity index (χ0n) is 10.2. The molecule has 0 amide bonds. The summed E-state index contributed by atoms with van der Waals surface area (Å²) in [5.41, 5.74) is 1.82. The first-order valence-electron chi connectivity index (χ1n) is 5.22. The van der Waals surface area contributed by atoms with Crippen molar-refractivity contribution in [3.8, 4) is 11.5 Å². The number of aryl methyl sites for hydroxylation is 1. The van der Waals surface area contributed by atoms with Crippen molar-refractivity contribution in [1.29, 1.82) is 0 Å². The quantitative estimate of drug-likeness (QED) is 0.751. The molecule has 0 aromatic carbocycles. The third-order valence-electron chi connectivity index (χ3n) is 2.48. The van der Waals surface area contributed by atoms with E-state index >= 15 is 0 Å². The maximum absolute atomic E-state index is 11.5. The molecule has 0 N–H and O–H groups in total. The van der Waals surface area contributed by atoms with E-state index < -0.39 is 9.84 Å². The SMILES string of the molecule is Cc1nc(S(C)(=O)=O)nc(-c2ncccn2)c1C. The van der Waals surface area contributed by atoms with E-state index in [4.69, 9.17) is 0 Å². The van der Waals surface area contributed by atoms with E-state index in [-0.39, 0.29) is 5.16 Å². The molecule has 94 valence electrons. The molecule has 2 aromatic rings. The zero-order valence-corrected chi connectivity index (χ0v) is 11.1. The van der Waals surface area contributed by atoms with E-state index in [1.165, 1.54) is 0 Å². The average molecular weight is 264 g/mol. The Morgan fingerprint density at radius 2 is 1.67 bits per heavy atom. The zero-order chi connectivity index (χ0) is 13.3. The van der Waals surface area contributed by atoms with E-state index in [1.54, 1.807) is 25.4 Å². The van der Waals surface area contributed by atoms with E-state index in [0.717, 1.165) is 11.8 Å². The Bertz CT molecular complexity index is 684. The first kappa shape index (κ1) is 12.6. The molecule has 0 saturated heterocycles. The lowest BCUT2D eigenvalue weighted by atomic mass is 10.2. The van der Waals surface area contributed by atoms with Crippen molar-refractivity contribution in [2.45, 2.75) is 19.0 Å². The van der Waals surface area contributed by atoms with Crippen LogP contribution in [0.2, 0.25) is 0 Å². The molecule has 2 heterocycles. The minimum absolute atomic E-state index is 0.201. The fraction of sp³-hybridized carbons (Fsp3) is 0.273. The van der Waals surface area contributed by atoms with Crippen LogP contribution >= 0.6 is 0 Å². The standard InChI is InChI=1S/C11H12N4O2S/c1-7-8(2)14-11(18(3,16)17)15-9(7)10-12-5-4-6-13-10/h4-6H,1-3H3. The van der Waals surface area contributed by atoms with Crippen LogP contribution in [-0.4, -0.2) is 34.6 Å². The highest BCUT2D eigenvalue weighted by atomic mass is 32.2. The summed E-state index contributed by atoms with van der Waals surface area (Å²) < 4.78 is 23.0. The molecule has 0 saturated carbocycles. The molecular formula is C11H12N4O2S. The van der Waals surface area contributed by atoms with Gasteiger partial charge in [-0.1, -0.05) is 0 Å². The first-order chi connectivity index (χ1) is 8.39. The molecule has 6 nitrogen and oxygen atoms in total. The number of sulfone groups is 1. The highest BCUT2D eigenvalue weighted by molar-refractivity contribution is 7.90. The molecule has 0 aliphatic carbocycles. The van der Waals surface area contributed by atoms with Crippen LogP contribution in [0.4, 0.5) is 0 Å². The van der Waals surface area contributed by atoms with E-state index in [9.17, 15) is 8.42 Å². The Labute approximate surface area is 105 Å². The summed E-state index contributed by atoms with van der Waals surface area (Å²) >= 11 is 0. The Morgan fingerprint density at radius 3 is 2.22 bits per heavy atom. The minimum Gasteiger partial charge on any atom is -0.235 e. The van der Waals surface area contributed by atoms with Crippen molar-refractivity contribution < 1.29 is 8.42 Å². The summed E-state index contributed by atoms with van der Waals surface area (Å²) in [5, 5.41) is -0.201. The molecule has 2 rings (SSSR count). The molecular weight excluding hydrogens is 252 g/mol. The summed E-state index contributed by atoms with van der Waals surface area (Å²) in [6.07, 6.45) is 4.24. The average Bonchev–Trinajstić information content (AvgIpc) is 2.32. The van der Waals surface area contributed by atoms with Gasteiger partial charge in [0.25, 0.3) is 0 Å². The molecule has 0 aliphatic rings. The fourth-order valence-electron chi connectivity index (χ4n) is 1.41. The second kappa shape index (κ2) is 4.41. The molecule has 0 fully saturated rings.